The summed E-state index contributed by atoms with van der Waals surface area (Å²) in [5.41, 5.74) is 1.09. The van der Waals surface area contributed by atoms with Gasteiger partial charge in [0, 0.05) is 37.9 Å². The molecule has 3 rings (SSSR count). The number of benzene rings is 1. The molecular formula is C19H25N3O2. The highest BCUT2D eigenvalue weighted by Gasteiger charge is 2.27. The Labute approximate surface area is 143 Å². The maximum atomic E-state index is 12.4. The fourth-order valence-corrected chi connectivity index (χ4v) is 3.28. The quantitative estimate of drug-likeness (QED) is 0.820. The Kier molecular flexibility index (Phi) is 5.64. The first-order chi connectivity index (χ1) is 11.8. The van der Waals surface area contributed by atoms with Crippen molar-refractivity contribution in [1.82, 2.24) is 14.5 Å². The third-order valence-corrected chi connectivity index (χ3v) is 4.56. The minimum atomic E-state index is 0.0743. The number of carbonyl (C=O) groups is 1. The lowest BCUT2D eigenvalue weighted by molar-refractivity contribution is -0.137. The lowest BCUT2D eigenvalue weighted by atomic mass is 9.97. The molecule has 1 aliphatic heterocycles. The average molecular weight is 327 g/mol. The number of rotatable bonds is 6. The molecule has 0 unspecified atom stereocenters. The summed E-state index contributed by atoms with van der Waals surface area (Å²) >= 11 is 0. The number of nitrogens with zero attached hydrogens (tertiary/aromatic N) is 3. The number of likely N-dealkylation sites (tertiary alicyclic amines) is 1. The summed E-state index contributed by atoms with van der Waals surface area (Å²) in [7, 11) is 0. The van der Waals surface area contributed by atoms with Crippen LogP contribution < -0.4 is 0 Å². The zero-order valence-electron chi connectivity index (χ0n) is 14.2. The third-order valence-electron chi connectivity index (χ3n) is 4.56. The molecule has 0 spiro atoms. The molecule has 2 aromatic rings. The lowest BCUT2D eigenvalue weighted by Crippen LogP contribution is -2.41. The number of aromatic nitrogens is 2. The van der Waals surface area contributed by atoms with Gasteiger partial charge in [0.15, 0.2) is 0 Å². The molecule has 1 aromatic heterocycles. The smallest absolute Gasteiger partial charge is 0.248 e. The number of ether oxygens (including phenoxy) is 1. The van der Waals surface area contributed by atoms with Crippen molar-refractivity contribution < 1.29 is 9.53 Å². The van der Waals surface area contributed by atoms with Crippen LogP contribution in [0, 0.1) is 0 Å². The molecule has 1 aromatic carbocycles. The van der Waals surface area contributed by atoms with Gasteiger partial charge in [-0.3, -0.25) is 4.79 Å². The van der Waals surface area contributed by atoms with Gasteiger partial charge in [0.2, 0.25) is 5.91 Å². The highest BCUT2D eigenvalue weighted by Crippen LogP contribution is 2.25. The van der Waals surface area contributed by atoms with Crippen molar-refractivity contribution in [2.24, 2.45) is 0 Å². The van der Waals surface area contributed by atoms with Crippen LogP contribution >= 0.6 is 0 Å². The third kappa shape index (κ3) is 4.03. The van der Waals surface area contributed by atoms with E-state index >= 15 is 0 Å². The van der Waals surface area contributed by atoms with Crippen LogP contribution in [0.1, 0.15) is 37.1 Å². The summed E-state index contributed by atoms with van der Waals surface area (Å²) in [5.74, 6) is 1.50. The van der Waals surface area contributed by atoms with Gasteiger partial charge >= 0.3 is 0 Å². The molecule has 0 saturated carbocycles. The lowest BCUT2D eigenvalue weighted by Gasteiger charge is -2.32. The minimum Gasteiger partial charge on any atom is -0.367 e. The molecule has 1 atom stereocenters. The van der Waals surface area contributed by atoms with Gasteiger partial charge in [0.25, 0.3) is 0 Å². The number of hydrogen-bond donors (Lipinski definition) is 0. The van der Waals surface area contributed by atoms with Crippen LogP contribution in [0.2, 0.25) is 0 Å². The number of amides is 1. The molecular weight excluding hydrogens is 302 g/mol. The van der Waals surface area contributed by atoms with Crippen LogP contribution in [-0.4, -0.2) is 40.1 Å². The summed E-state index contributed by atoms with van der Waals surface area (Å²) in [6.45, 7) is 5.21. The second-order valence-electron chi connectivity index (χ2n) is 6.23. The van der Waals surface area contributed by atoms with E-state index in [1.165, 1.54) is 0 Å². The number of aryl methyl sites for hydroxylation is 1. The molecule has 24 heavy (non-hydrogen) atoms. The second kappa shape index (κ2) is 8.11. The van der Waals surface area contributed by atoms with Gasteiger partial charge in [-0.05, 0) is 25.3 Å². The SMILES string of the molecule is CCn1ccnc1[C@@H]1CCCN(C(=O)COCc2ccccc2)C1. The summed E-state index contributed by atoms with van der Waals surface area (Å²) in [5, 5.41) is 0. The largest absolute Gasteiger partial charge is 0.367 e. The Morgan fingerprint density at radius 2 is 2.17 bits per heavy atom. The topological polar surface area (TPSA) is 47.4 Å². The highest BCUT2D eigenvalue weighted by atomic mass is 16.5. The predicted octanol–water partition coefficient (Wildman–Crippen LogP) is 2.83. The van der Waals surface area contributed by atoms with Gasteiger partial charge in [-0.15, -0.1) is 0 Å². The van der Waals surface area contributed by atoms with Crippen molar-refractivity contribution in [3.8, 4) is 0 Å². The van der Waals surface area contributed by atoms with Crippen molar-refractivity contribution in [2.45, 2.75) is 38.8 Å². The summed E-state index contributed by atoms with van der Waals surface area (Å²) < 4.78 is 7.76. The van der Waals surface area contributed by atoms with Crippen molar-refractivity contribution in [1.29, 1.82) is 0 Å². The van der Waals surface area contributed by atoms with E-state index in [1.54, 1.807) is 0 Å². The van der Waals surface area contributed by atoms with E-state index in [-0.39, 0.29) is 12.5 Å². The van der Waals surface area contributed by atoms with Crippen molar-refractivity contribution in [3.05, 3.63) is 54.1 Å². The molecule has 2 heterocycles. The van der Waals surface area contributed by atoms with Gasteiger partial charge in [-0.1, -0.05) is 30.3 Å². The van der Waals surface area contributed by atoms with E-state index in [1.807, 2.05) is 47.6 Å². The zero-order chi connectivity index (χ0) is 16.8. The van der Waals surface area contributed by atoms with Gasteiger partial charge in [0.05, 0.1) is 6.61 Å². The molecule has 128 valence electrons. The molecule has 0 N–H and O–H groups in total. The normalized spacial score (nSPS) is 17.9. The molecule has 1 fully saturated rings. The van der Waals surface area contributed by atoms with Crippen molar-refractivity contribution in [2.75, 3.05) is 19.7 Å². The first-order valence-corrected chi connectivity index (χ1v) is 8.68. The number of piperidine rings is 1. The Bertz CT molecular complexity index is 654. The van der Waals surface area contributed by atoms with Crippen LogP contribution in [-0.2, 0) is 22.7 Å². The molecule has 0 bridgehead atoms. The van der Waals surface area contributed by atoms with Crippen molar-refractivity contribution >= 4 is 5.91 Å². The first kappa shape index (κ1) is 16.7. The highest BCUT2D eigenvalue weighted by molar-refractivity contribution is 5.77. The van der Waals surface area contributed by atoms with Crippen LogP contribution in [0.15, 0.2) is 42.7 Å². The summed E-state index contributed by atoms with van der Waals surface area (Å²) in [6, 6.07) is 9.94. The molecule has 1 aliphatic rings. The molecule has 0 aliphatic carbocycles. The van der Waals surface area contributed by atoms with Crippen LogP contribution in [0.4, 0.5) is 0 Å². The monoisotopic (exact) mass is 327 g/mol. The Hall–Kier alpha value is -2.14. The fraction of sp³-hybridized carbons (Fsp3) is 0.474. The van der Waals surface area contributed by atoms with E-state index < -0.39 is 0 Å². The first-order valence-electron chi connectivity index (χ1n) is 8.68. The van der Waals surface area contributed by atoms with E-state index in [9.17, 15) is 4.79 Å². The second-order valence-corrected chi connectivity index (χ2v) is 6.23. The number of imidazole rings is 1. The molecule has 5 heteroatoms. The maximum Gasteiger partial charge on any atom is 0.248 e. The van der Waals surface area contributed by atoms with Crippen LogP contribution in [0.5, 0.6) is 0 Å². The predicted molar refractivity (Wildman–Crippen MR) is 92.6 cm³/mol. The maximum absolute atomic E-state index is 12.4. The minimum absolute atomic E-state index is 0.0743. The van der Waals surface area contributed by atoms with Gasteiger partial charge in [0.1, 0.15) is 12.4 Å². The standard InChI is InChI=1S/C19H25N3O2/c1-2-21-12-10-20-19(21)17-9-6-11-22(13-17)18(23)15-24-14-16-7-4-3-5-8-16/h3-5,7-8,10,12,17H,2,6,9,11,13-15H2,1H3/t17-/m1/s1. The van der Waals surface area contributed by atoms with E-state index in [2.05, 4.69) is 16.5 Å². The summed E-state index contributed by atoms with van der Waals surface area (Å²) in [6.07, 6.45) is 5.97. The fourth-order valence-electron chi connectivity index (χ4n) is 3.28. The zero-order valence-corrected chi connectivity index (χ0v) is 14.2. The van der Waals surface area contributed by atoms with Gasteiger partial charge < -0.3 is 14.2 Å². The van der Waals surface area contributed by atoms with Gasteiger partial charge in [-0.25, -0.2) is 4.98 Å². The van der Waals surface area contributed by atoms with Gasteiger partial charge in [-0.2, -0.15) is 0 Å². The molecule has 0 radical (unpaired) electrons. The van der Waals surface area contributed by atoms with Crippen molar-refractivity contribution in [3.63, 3.8) is 0 Å². The van der Waals surface area contributed by atoms with Crippen LogP contribution in [0.25, 0.3) is 0 Å². The summed E-state index contributed by atoms with van der Waals surface area (Å²) in [4.78, 5) is 18.9. The Morgan fingerprint density at radius 1 is 1.33 bits per heavy atom. The Morgan fingerprint density at radius 3 is 2.96 bits per heavy atom. The van der Waals surface area contributed by atoms with E-state index in [0.717, 1.165) is 43.9 Å². The average Bonchev–Trinajstić information content (AvgIpc) is 3.11. The molecule has 1 saturated heterocycles. The molecule has 1 amide bonds. The number of carbonyl (C=O) groups excluding carboxylic acids is 1. The molecule has 5 nitrogen and oxygen atoms in total. The van der Waals surface area contributed by atoms with E-state index in [0.29, 0.717) is 12.5 Å². The number of hydrogen-bond acceptors (Lipinski definition) is 3. The van der Waals surface area contributed by atoms with Crippen LogP contribution in [0.3, 0.4) is 0 Å². The van der Waals surface area contributed by atoms with E-state index in [4.69, 9.17) is 4.74 Å². The Balaban J connectivity index is 1.51.